The number of carboxylic acid groups (broad SMARTS) is 1. The number of nitrogens with zero attached hydrogens (tertiary/aromatic N) is 1. The summed E-state index contributed by atoms with van der Waals surface area (Å²) in [5.41, 5.74) is 6.68. The van der Waals surface area contributed by atoms with Crippen molar-refractivity contribution in [2.75, 3.05) is 5.32 Å². The molecule has 0 amide bonds. The van der Waals surface area contributed by atoms with Crippen molar-refractivity contribution in [1.29, 1.82) is 5.26 Å². The summed E-state index contributed by atoms with van der Waals surface area (Å²) in [7, 11) is 0. The summed E-state index contributed by atoms with van der Waals surface area (Å²) in [5, 5.41) is 20.1. The lowest BCUT2D eigenvalue weighted by atomic mass is 10.1. The Hall–Kier alpha value is -2.13. The molecule has 0 atom stereocenters. The summed E-state index contributed by atoms with van der Waals surface area (Å²) in [6.07, 6.45) is -0.194. The molecule has 5 nitrogen and oxygen atoms in total. The van der Waals surface area contributed by atoms with Crippen LogP contribution in [0.1, 0.15) is 11.1 Å². The van der Waals surface area contributed by atoms with Crippen molar-refractivity contribution in [2.24, 2.45) is 5.73 Å². The van der Waals surface area contributed by atoms with Gasteiger partial charge in [0.25, 0.3) is 0 Å². The zero-order chi connectivity index (χ0) is 12.1. The summed E-state index contributed by atoms with van der Waals surface area (Å²) in [4.78, 5) is 10.6. The fraction of sp³-hybridized carbons (Fsp3) is 0.100. The van der Waals surface area contributed by atoms with E-state index in [9.17, 15) is 4.79 Å². The van der Waals surface area contributed by atoms with Crippen molar-refractivity contribution in [3.8, 4) is 6.07 Å². The van der Waals surface area contributed by atoms with Gasteiger partial charge in [0.05, 0.1) is 18.1 Å². The SMILES string of the molecule is N#Cc1ccc(NC(N)=S)c(CC(=O)O)c1. The number of nitrogens with two attached hydrogens (primary N) is 1. The molecule has 16 heavy (non-hydrogen) atoms. The van der Waals surface area contributed by atoms with Gasteiger partial charge in [-0.05, 0) is 36.0 Å². The average molecular weight is 235 g/mol. The molecule has 0 aromatic heterocycles. The molecule has 0 aliphatic heterocycles. The van der Waals surface area contributed by atoms with E-state index in [1.54, 1.807) is 12.1 Å². The van der Waals surface area contributed by atoms with Crippen LogP contribution in [0.4, 0.5) is 5.69 Å². The molecule has 0 fully saturated rings. The van der Waals surface area contributed by atoms with Crippen LogP contribution < -0.4 is 11.1 Å². The van der Waals surface area contributed by atoms with Crippen molar-refractivity contribution in [3.05, 3.63) is 29.3 Å². The Bertz CT molecular complexity index is 479. The van der Waals surface area contributed by atoms with Gasteiger partial charge in [0.1, 0.15) is 0 Å². The molecule has 0 bridgehead atoms. The topological polar surface area (TPSA) is 99.1 Å². The highest BCUT2D eigenvalue weighted by Gasteiger charge is 2.08. The van der Waals surface area contributed by atoms with Crippen LogP contribution in [-0.4, -0.2) is 16.2 Å². The second-order valence-corrected chi connectivity index (χ2v) is 3.48. The highest BCUT2D eigenvalue weighted by molar-refractivity contribution is 7.80. The molecule has 82 valence electrons. The highest BCUT2D eigenvalue weighted by atomic mass is 32.1. The minimum atomic E-state index is -0.985. The van der Waals surface area contributed by atoms with Crippen molar-refractivity contribution in [2.45, 2.75) is 6.42 Å². The van der Waals surface area contributed by atoms with Crippen LogP contribution in [-0.2, 0) is 11.2 Å². The Labute approximate surface area is 97.5 Å². The molecule has 0 saturated carbocycles. The van der Waals surface area contributed by atoms with Gasteiger partial charge in [0.2, 0.25) is 0 Å². The van der Waals surface area contributed by atoms with Gasteiger partial charge in [-0.1, -0.05) is 0 Å². The van der Waals surface area contributed by atoms with E-state index in [2.05, 4.69) is 17.5 Å². The molecule has 0 aliphatic carbocycles. The smallest absolute Gasteiger partial charge is 0.307 e. The zero-order valence-corrected chi connectivity index (χ0v) is 9.04. The van der Waals surface area contributed by atoms with Crippen LogP contribution in [0.15, 0.2) is 18.2 Å². The number of nitrogens with one attached hydrogen (secondary N) is 1. The maximum Gasteiger partial charge on any atom is 0.307 e. The van der Waals surface area contributed by atoms with Crippen molar-refractivity contribution in [1.82, 2.24) is 0 Å². The molecule has 6 heteroatoms. The van der Waals surface area contributed by atoms with Gasteiger partial charge in [-0.25, -0.2) is 0 Å². The third-order valence-corrected chi connectivity index (χ3v) is 1.94. The first-order valence-corrected chi connectivity index (χ1v) is 4.75. The number of hydrogen-bond donors (Lipinski definition) is 3. The van der Waals surface area contributed by atoms with E-state index in [1.165, 1.54) is 6.07 Å². The van der Waals surface area contributed by atoms with Crippen LogP contribution in [0.25, 0.3) is 0 Å². The quantitative estimate of drug-likeness (QED) is 0.671. The van der Waals surface area contributed by atoms with Gasteiger partial charge in [-0.2, -0.15) is 5.26 Å². The second kappa shape index (κ2) is 5.09. The molecular weight excluding hydrogens is 226 g/mol. The number of thiocarbonyl (C=S) groups is 1. The first-order chi connectivity index (χ1) is 7.52. The normalized spacial score (nSPS) is 9.19. The summed E-state index contributed by atoms with van der Waals surface area (Å²) in [5.74, 6) is -0.985. The molecule has 4 N–H and O–H groups in total. The molecular formula is C10H9N3O2S. The van der Waals surface area contributed by atoms with Crippen molar-refractivity contribution < 1.29 is 9.90 Å². The Morgan fingerprint density at radius 2 is 2.31 bits per heavy atom. The third-order valence-electron chi connectivity index (χ3n) is 1.83. The van der Waals surface area contributed by atoms with Gasteiger partial charge in [0, 0.05) is 5.69 Å². The molecule has 0 spiro atoms. The number of nitriles is 1. The highest BCUT2D eigenvalue weighted by Crippen LogP contribution is 2.18. The van der Waals surface area contributed by atoms with Crippen LogP contribution in [0.5, 0.6) is 0 Å². The Balaban J connectivity index is 3.11. The van der Waals surface area contributed by atoms with E-state index < -0.39 is 5.97 Å². The Kier molecular flexibility index (Phi) is 3.80. The van der Waals surface area contributed by atoms with E-state index in [0.29, 0.717) is 16.8 Å². The molecule has 0 heterocycles. The zero-order valence-electron chi connectivity index (χ0n) is 8.23. The number of benzene rings is 1. The largest absolute Gasteiger partial charge is 0.481 e. The lowest BCUT2D eigenvalue weighted by Gasteiger charge is -2.09. The van der Waals surface area contributed by atoms with E-state index in [1.807, 2.05) is 6.07 Å². The molecule has 1 aromatic rings. The predicted octanol–water partition coefficient (Wildman–Crippen LogP) is 0.841. The first kappa shape index (κ1) is 11.9. The van der Waals surface area contributed by atoms with Gasteiger partial charge < -0.3 is 16.2 Å². The van der Waals surface area contributed by atoms with Gasteiger partial charge in [-0.3, -0.25) is 4.79 Å². The minimum Gasteiger partial charge on any atom is -0.481 e. The Morgan fingerprint density at radius 3 is 2.81 bits per heavy atom. The van der Waals surface area contributed by atoms with E-state index in [0.717, 1.165) is 0 Å². The summed E-state index contributed by atoms with van der Waals surface area (Å²) < 4.78 is 0. The van der Waals surface area contributed by atoms with Gasteiger partial charge >= 0.3 is 5.97 Å². The lowest BCUT2D eigenvalue weighted by Crippen LogP contribution is -2.20. The van der Waals surface area contributed by atoms with Gasteiger partial charge in [-0.15, -0.1) is 0 Å². The minimum absolute atomic E-state index is 0.0522. The maximum absolute atomic E-state index is 10.6. The molecule has 0 radical (unpaired) electrons. The van der Waals surface area contributed by atoms with E-state index in [4.69, 9.17) is 16.1 Å². The van der Waals surface area contributed by atoms with Gasteiger partial charge in [0.15, 0.2) is 5.11 Å². The van der Waals surface area contributed by atoms with Crippen LogP contribution in [0.2, 0.25) is 0 Å². The molecule has 0 aliphatic rings. The maximum atomic E-state index is 10.6. The van der Waals surface area contributed by atoms with E-state index >= 15 is 0 Å². The number of rotatable bonds is 3. The summed E-state index contributed by atoms with van der Waals surface area (Å²) >= 11 is 4.67. The number of carboxylic acids is 1. The van der Waals surface area contributed by atoms with Crippen molar-refractivity contribution >= 4 is 29.0 Å². The van der Waals surface area contributed by atoms with Crippen LogP contribution in [0, 0.1) is 11.3 Å². The fourth-order valence-electron chi connectivity index (χ4n) is 1.23. The Morgan fingerprint density at radius 1 is 1.62 bits per heavy atom. The number of aliphatic carboxylic acids is 1. The summed E-state index contributed by atoms with van der Waals surface area (Å²) in [6, 6.07) is 6.57. The lowest BCUT2D eigenvalue weighted by molar-refractivity contribution is -0.136. The van der Waals surface area contributed by atoms with Crippen molar-refractivity contribution in [3.63, 3.8) is 0 Å². The van der Waals surface area contributed by atoms with Crippen LogP contribution >= 0.6 is 12.2 Å². The van der Waals surface area contributed by atoms with E-state index in [-0.39, 0.29) is 11.5 Å². The molecule has 1 aromatic carbocycles. The number of carbonyl (C=O) groups is 1. The third kappa shape index (κ3) is 3.22. The average Bonchev–Trinajstić information content (AvgIpc) is 2.19. The number of hydrogen-bond acceptors (Lipinski definition) is 3. The molecule has 1 rings (SSSR count). The second-order valence-electron chi connectivity index (χ2n) is 3.04. The number of anilines is 1. The standard InChI is InChI=1S/C10H9N3O2S/c11-5-6-1-2-8(13-10(12)16)7(3-6)4-9(14)15/h1-3H,4H2,(H,14,15)(H3,12,13,16). The molecule has 0 saturated heterocycles. The fourth-order valence-corrected chi connectivity index (χ4v) is 1.34. The monoisotopic (exact) mass is 235 g/mol. The summed E-state index contributed by atoms with van der Waals surface area (Å²) in [6.45, 7) is 0. The first-order valence-electron chi connectivity index (χ1n) is 4.34. The predicted molar refractivity (Wildman–Crippen MR) is 62.9 cm³/mol. The van der Waals surface area contributed by atoms with Crippen LogP contribution in [0.3, 0.4) is 0 Å². The molecule has 0 unspecified atom stereocenters.